The SMILES string of the molecule is CCNCC1CCN(C(=O)c2csc(-c3ccc(F)cc3)n2)CC1.Cl.Cl. The number of aromatic nitrogens is 1. The van der Waals surface area contributed by atoms with Crippen molar-refractivity contribution in [1.82, 2.24) is 15.2 Å². The Balaban J connectivity index is 0.00000169. The average molecular weight is 420 g/mol. The number of thiazole rings is 1. The van der Waals surface area contributed by atoms with Crippen molar-refractivity contribution in [1.29, 1.82) is 0 Å². The third-order valence-electron chi connectivity index (χ3n) is 4.40. The zero-order valence-corrected chi connectivity index (χ0v) is 17.1. The van der Waals surface area contributed by atoms with Crippen molar-refractivity contribution >= 4 is 42.1 Å². The van der Waals surface area contributed by atoms with Gasteiger partial charge in [0.25, 0.3) is 5.91 Å². The van der Waals surface area contributed by atoms with Crippen molar-refractivity contribution in [2.45, 2.75) is 19.8 Å². The van der Waals surface area contributed by atoms with Crippen molar-refractivity contribution in [2.75, 3.05) is 26.2 Å². The van der Waals surface area contributed by atoms with Crippen LogP contribution in [0.3, 0.4) is 0 Å². The van der Waals surface area contributed by atoms with Crippen LogP contribution in [0, 0.1) is 11.7 Å². The molecule has 1 amide bonds. The van der Waals surface area contributed by atoms with Crippen molar-refractivity contribution in [2.24, 2.45) is 5.92 Å². The second-order valence-corrected chi connectivity index (χ2v) is 6.95. The maximum absolute atomic E-state index is 13.0. The van der Waals surface area contributed by atoms with Crippen LogP contribution in [0.4, 0.5) is 4.39 Å². The lowest BCUT2D eigenvalue weighted by molar-refractivity contribution is 0.0685. The van der Waals surface area contributed by atoms with Crippen molar-refractivity contribution in [3.8, 4) is 10.6 Å². The highest BCUT2D eigenvalue weighted by atomic mass is 35.5. The summed E-state index contributed by atoms with van der Waals surface area (Å²) in [5.41, 5.74) is 1.33. The molecule has 1 aliphatic heterocycles. The summed E-state index contributed by atoms with van der Waals surface area (Å²) in [7, 11) is 0. The van der Waals surface area contributed by atoms with E-state index in [0.29, 0.717) is 11.6 Å². The van der Waals surface area contributed by atoms with Crippen LogP contribution in [-0.2, 0) is 0 Å². The Kier molecular flexibility index (Phi) is 9.50. The Hall–Kier alpha value is -1.21. The van der Waals surface area contributed by atoms with Crippen LogP contribution in [0.2, 0.25) is 0 Å². The number of nitrogens with zero attached hydrogens (tertiary/aromatic N) is 2. The molecule has 0 saturated carbocycles. The molecule has 0 spiro atoms. The molecule has 1 fully saturated rings. The fraction of sp³-hybridized carbons (Fsp3) is 0.444. The van der Waals surface area contributed by atoms with Crippen LogP contribution in [-0.4, -0.2) is 42.0 Å². The molecular weight excluding hydrogens is 396 g/mol. The van der Waals surface area contributed by atoms with Gasteiger partial charge < -0.3 is 10.2 Å². The summed E-state index contributed by atoms with van der Waals surface area (Å²) in [4.78, 5) is 19.0. The van der Waals surface area contributed by atoms with Crippen LogP contribution in [0.25, 0.3) is 10.6 Å². The van der Waals surface area contributed by atoms with Crippen LogP contribution in [0.15, 0.2) is 29.6 Å². The van der Waals surface area contributed by atoms with Gasteiger partial charge in [-0.2, -0.15) is 0 Å². The van der Waals surface area contributed by atoms with Gasteiger partial charge in [0.1, 0.15) is 16.5 Å². The Morgan fingerprint density at radius 1 is 1.27 bits per heavy atom. The van der Waals surface area contributed by atoms with Gasteiger partial charge in [-0.05, 0) is 56.1 Å². The predicted molar refractivity (Wildman–Crippen MR) is 109 cm³/mol. The highest BCUT2D eigenvalue weighted by molar-refractivity contribution is 7.13. The van der Waals surface area contributed by atoms with E-state index in [1.165, 1.54) is 23.5 Å². The molecule has 8 heteroatoms. The van der Waals surface area contributed by atoms with E-state index >= 15 is 0 Å². The predicted octanol–water partition coefficient (Wildman–Crippen LogP) is 4.25. The van der Waals surface area contributed by atoms with E-state index in [-0.39, 0.29) is 36.5 Å². The van der Waals surface area contributed by atoms with Gasteiger partial charge in [0.15, 0.2) is 0 Å². The first-order chi connectivity index (χ1) is 11.7. The lowest BCUT2D eigenvalue weighted by atomic mass is 9.96. The number of benzene rings is 1. The molecule has 144 valence electrons. The lowest BCUT2D eigenvalue weighted by Gasteiger charge is -2.31. The van der Waals surface area contributed by atoms with E-state index in [2.05, 4.69) is 17.2 Å². The molecule has 0 radical (unpaired) electrons. The van der Waals surface area contributed by atoms with Crippen LogP contribution < -0.4 is 5.32 Å². The Bertz CT molecular complexity index is 688. The maximum Gasteiger partial charge on any atom is 0.273 e. The van der Waals surface area contributed by atoms with Crippen molar-refractivity contribution in [3.63, 3.8) is 0 Å². The number of halogens is 3. The number of carbonyl (C=O) groups excluding carboxylic acids is 1. The van der Waals surface area contributed by atoms with Crippen LogP contribution in [0.5, 0.6) is 0 Å². The molecule has 1 saturated heterocycles. The van der Waals surface area contributed by atoms with Gasteiger partial charge in [0.2, 0.25) is 0 Å². The molecule has 2 heterocycles. The smallest absolute Gasteiger partial charge is 0.273 e. The standard InChI is InChI=1S/C18H22FN3OS.2ClH/c1-2-20-11-13-7-9-22(10-8-13)18(23)16-12-24-17(21-16)14-3-5-15(19)6-4-14;;/h3-6,12-13,20H,2,7-11H2,1H3;2*1H. The van der Waals surface area contributed by atoms with Crippen LogP contribution in [0.1, 0.15) is 30.3 Å². The molecule has 1 aliphatic rings. The van der Waals surface area contributed by atoms with Gasteiger partial charge in [-0.1, -0.05) is 6.92 Å². The minimum Gasteiger partial charge on any atom is -0.337 e. The Morgan fingerprint density at radius 2 is 1.92 bits per heavy atom. The summed E-state index contributed by atoms with van der Waals surface area (Å²) < 4.78 is 13.0. The third-order valence-corrected chi connectivity index (χ3v) is 5.29. The third kappa shape index (κ3) is 5.64. The van der Waals surface area contributed by atoms with E-state index in [9.17, 15) is 9.18 Å². The van der Waals surface area contributed by atoms with Gasteiger partial charge in [0.05, 0.1) is 0 Å². The number of amides is 1. The summed E-state index contributed by atoms with van der Waals surface area (Å²) in [6.07, 6.45) is 2.07. The van der Waals surface area contributed by atoms with E-state index in [4.69, 9.17) is 0 Å². The quantitative estimate of drug-likeness (QED) is 0.787. The molecule has 4 nitrogen and oxygen atoms in total. The van der Waals surface area contributed by atoms with Crippen molar-refractivity contribution < 1.29 is 9.18 Å². The van der Waals surface area contributed by atoms with E-state index in [1.807, 2.05) is 4.90 Å². The van der Waals surface area contributed by atoms with Gasteiger partial charge in [-0.15, -0.1) is 36.2 Å². The monoisotopic (exact) mass is 419 g/mol. The second kappa shape index (κ2) is 10.8. The van der Waals surface area contributed by atoms with Crippen LogP contribution >= 0.6 is 36.2 Å². The van der Waals surface area contributed by atoms with E-state index < -0.39 is 0 Å². The largest absolute Gasteiger partial charge is 0.337 e. The van der Waals surface area contributed by atoms with E-state index in [0.717, 1.165) is 49.6 Å². The number of carbonyl (C=O) groups is 1. The summed E-state index contributed by atoms with van der Waals surface area (Å²) in [6, 6.07) is 6.20. The molecule has 1 aromatic carbocycles. The Morgan fingerprint density at radius 3 is 2.54 bits per heavy atom. The highest BCUT2D eigenvalue weighted by Crippen LogP contribution is 2.25. The molecule has 2 aromatic rings. The zero-order valence-electron chi connectivity index (χ0n) is 14.6. The molecular formula is C18H24Cl2FN3OS. The number of likely N-dealkylation sites (tertiary alicyclic amines) is 1. The zero-order chi connectivity index (χ0) is 16.9. The van der Waals surface area contributed by atoms with Gasteiger partial charge in [-0.3, -0.25) is 4.79 Å². The van der Waals surface area contributed by atoms with E-state index in [1.54, 1.807) is 17.5 Å². The first-order valence-electron chi connectivity index (χ1n) is 8.39. The molecule has 26 heavy (non-hydrogen) atoms. The Labute approximate surface area is 170 Å². The number of rotatable bonds is 5. The highest BCUT2D eigenvalue weighted by Gasteiger charge is 2.25. The molecule has 0 bridgehead atoms. The molecule has 0 aliphatic carbocycles. The average Bonchev–Trinajstić information content (AvgIpc) is 3.10. The summed E-state index contributed by atoms with van der Waals surface area (Å²) in [5, 5.41) is 5.93. The molecule has 1 N–H and O–H groups in total. The fourth-order valence-electron chi connectivity index (χ4n) is 2.95. The summed E-state index contributed by atoms with van der Waals surface area (Å²) in [5.74, 6) is 0.382. The first-order valence-corrected chi connectivity index (χ1v) is 9.26. The van der Waals surface area contributed by atoms with Gasteiger partial charge in [0, 0.05) is 24.0 Å². The first kappa shape index (κ1) is 22.8. The number of hydrogen-bond donors (Lipinski definition) is 1. The number of hydrogen-bond acceptors (Lipinski definition) is 4. The molecule has 0 unspecified atom stereocenters. The minimum atomic E-state index is -0.271. The summed E-state index contributed by atoms with van der Waals surface area (Å²) in [6.45, 7) is 5.71. The molecule has 0 atom stereocenters. The molecule has 3 rings (SSSR count). The normalized spacial score (nSPS) is 14.5. The lowest BCUT2D eigenvalue weighted by Crippen LogP contribution is -2.40. The maximum atomic E-state index is 13.0. The fourth-order valence-corrected chi connectivity index (χ4v) is 3.75. The van der Waals surface area contributed by atoms with Gasteiger partial charge in [-0.25, -0.2) is 9.37 Å². The topological polar surface area (TPSA) is 45.2 Å². The number of nitrogens with one attached hydrogen (secondary N) is 1. The van der Waals surface area contributed by atoms with Gasteiger partial charge >= 0.3 is 0 Å². The second-order valence-electron chi connectivity index (χ2n) is 6.09. The summed E-state index contributed by atoms with van der Waals surface area (Å²) >= 11 is 1.42. The minimum absolute atomic E-state index is 0. The van der Waals surface area contributed by atoms with Crippen molar-refractivity contribution in [3.05, 3.63) is 41.2 Å². The number of piperidine rings is 1. The molecule has 1 aromatic heterocycles.